The number of pyridine rings is 1. The van der Waals surface area contributed by atoms with E-state index in [1.807, 2.05) is 31.2 Å². The van der Waals surface area contributed by atoms with Crippen molar-refractivity contribution in [2.75, 3.05) is 5.43 Å². The van der Waals surface area contributed by atoms with Gasteiger partial charge in [-0.1, -0.05) is 36.4 Å². The normalized spacial score (nSPS) is 12.0. The van der Waals surface area contributed by atoms with Crippen molar-refractivity contribution in [3.63, 3.8) is 0 Å². The van der Waals surface area contributed by atoms with Crippen molar-refractivity contribution >= 4 is 22.9 Å². The van der Waals surface area contributed by atoms with E-state index in [1.165, 1.54) is 18.2 Å². The van der Waals surface area contributed by atoms with Crippen LogP contribution in [-0.2, 0) is 6.18 Å². The Morgan fingerprint density at radius 1 is 1.04 bits per heavy atom. The van der Waals surface area contributed by atoms with E-state index in [0.29, 0.717) is 5.82 Å². The second-order valence-corrected chi connectivity index (χ2v) is 5.30. The predicted octanol–water partition coefficient (Wildman–Crippen LogP) is 5.01. The fraction of sp³-hybridized carbons (Fsp3) is 0.111. The van der Waals surface area contributed by atoms with Crippen LogP contribution in [0.1, 0.15) is 16.7 Å². The van der Waals surface area contributed by atoms with Crippen molar-refractivity contribution in [3.8, 4) is 0 Å². The molecule has 0 amide bonds. The number of fused-ring (bicyclic) bond motifs is 1. The summed E-state index contributed by atoms with van der Waals surface area (Å²) in [7, 11) is 0. The fourth-order valence-corrected chi connectivity index (χ4v) is 2.44. The number of para-hydroxylation sites is 1. The summed E-state index contributed by atoms with van der Waals surface area (Å²) in [5, 5.41) is 4.92. The van der Waals surface area contributed by atoms with Gasteiger partial charge in [-0.25, -0.2) is 4.98 Å². The number of halogens is 3. The van der Waals surface area contributed by atoms with E-state index in [4.69, 9.17) is 0 Å². The van der Waals surface area contributed by atoms with E-state index in [2.05, 4.69) is 15.5 Å². The monoisotopic (exact) mass is 329 g/mol. The third kappa shape index (κ3) is 3.37. The lowest BCUT2D eigenvalue weighted by molar-refractivity contribution is -0.137. The second-order valence-electron chi connectivity index (χ2n) is 5.30. The Hall–Kier alpha value is -2.89. The third-order valence-corrected chi connectivity index (χ3v) is 3.57. The number of benzene rings is 2. The first-order valence-electron chi connectivity index (χ1n) is 7.27. The zero-order valence-corrected chi connectivity index (χ0v) is 12.8. The number of nitrogens with one attached hydrogen (secondary N) is 1. The molecule has 1 heterocycles. The van der Waals surface area contributed by atoms with E-state index >= 15 is 0 Å². The molecule has 3 rings (SSSR count). The predicted molar refractivity (Wildman–Crippen MR) is 89.1 cm³/mol. The maximum Gasteiger partial charge on any atom is 0.417 e. The highest BCUT2D eigenvalue weighted by atomic mass is 19.4. The zero-order chi connectivity index (χ0) is 17.2. The number of anilines is 1. The highest BCUT2D eigenvalue weighted by Crippen LogP contribution is 2.31. The topological polar surface area (TPSA) is 37.3 Å². The van der Waals surface area contributed by atoms with Gasteiger partial charge in [-0.2, -0.15) is 18.3 Å². The Morgan fingerprint density at radius 2 is 1.75 bits per heavy atom. The summed E-state index contributed by atoms with van der Waals surface area (Å²) in [6.07, 6.45) is -3.27. The van der Waals surface area contributed by atoms with Crippen molar-refractivity contribution in [3.05, 3.63) is 71.3 Å². The summed E-state index contributed by atoms with van der Waals surface area (Å²) in [6, 6.07) is 14.7. The first kappa shape index (κ1) is 16.0. The van der Waals surface area contributed by atoms with Crippen LogP contribution in [0.2, 0.25) is 0 Å². The van der Waals surface area contributed by atoms with Crippen LogP contribution >= 0.6 is 0 Å². The number of hydrogen-bond acceptors (Lipinski definition) is 3. The minimum Gasteiger partial charge on any atom is -0.261 e. The minimum atomic E-state index is -4.42. The number of aromatic nitrogens is 1. The maximum atomic E-state index is 12.9. The van der Waals surface area contributed by atoms with E-state index in [1.54, 1.807) is 6.07 Å². The highest BCUT2D eigenvalue weighted by molar-refractivity contribution is 5.85. The van der Waals surface area contributed by atoms with Gasteiger partial charge in [0, 0.05) is 10.9 Å². The van der Waals surface area contributed by atoms with Crippen LogP contribution in [0, 0.1) is 6.92 Å². The minimum absolute atomic E-state index is 0.00462. The molecule has 0 aliphatic rings. The smallest absolute Gasteiger partial charge is 0.261 e. The van der Waals surface area contributed by atoms with Crippen molar-refractivity contribution in [2.24, 2.45) is 5.10 Å². The van der Waals surface area contributed by atoms with Gasteiger partial charge in [0.05, 0.1) is 17.3 Å². The average Bonchev–Trinajstić information content (AvgIpc) is 2.54. The highest BCUT2D eigenvalue weighted by Gasteiger charge is 2.32. The summed E-state index contributed by atoms with van der Waals surface area (Å²) in [5.74, 6) is 0.479. The molecule has 6 heteroatoms. The van der Waals surface area contributed by atoms with Gasteiger partial charge < -0.3 is 0 Å². The molecular weight excluding hydrogens is 315 g/mol. The molecule has 0 saturated carbocycles. The molecule has 1 aromatic heterocycles. The number of hydrazone groups is 1. The molecule has 1 N–H and O–H groups in total. The summed E-state index contributed by atoms with van der Waals surface area (Å²) in [6.45, 7) is 1.94. The summed E-state index contributed by atoms with van der Waals surface area (Å²) < 4.78 is 38.8. The van der Waals surface area contributed by atoms with Crippen molar-refractivity contribution < 1.29 is 13.2 Å². The molecule has 3 aromatic rings. The van der Waals surface area contributed by atoms with Crippen LogP contribution in [0.15, 0.2) is 59.7 Å². The lowest BCUT2D eigenvalue weighted by Crippen LogP contribution is -2.09. The van der Waals surface area contributed by atoms with Gasteiger partial charge in [0.15, 0.2) is 0 Å². The summed E-state index contributed by atoms with van der Waals surface area (Å²) in [5.41, 5.74) is 3.77. The van der Waals surface area contributed by atoms with Crippen LogP contribution in [0.4, 0.5) is 19.0 Å². The number of aryl methyl sites for hydroxylation is 1. The van der Waals surface area contributed by atoms with E-state index < -0.39 is 11.7 Å². The molecular formula is C18H14F3N3. The van der Waals surface area contributed by atoms with Gasteiger partial charge in [-0.3, -0.25) is 5.43 Å². The molecule has 122 valence electrons. The number of alkyl halides is 3. The van der Waals surface area contributed by atoms with Crippen LogP contribution < -0.4 is 5.43 Å². The molecule has 0 radical (unpaired) electrons. The Labute approximate surface area is 136 Å². The van der Waals surface area contributed by atoms with Crippen molar-refractivity contribution in [1.29, 1.82) is 0 Å². The third-order valence-electron chi connectivity index (χ3n) is 3.57. The van der Waals surface area contributed by atoms with Crippen LogP contribution in [-0.4, -0.2) is 11.2 Å². The van der Waals surface area contributed by atoms with Gasteiger partial charge in [0.2, 0.25) is 0 Å². The first-order chi connectivity index (χ1) is 11.4. The Kier molecular flexibility index (Phi) is 4.20. The Bertz CT molecular complexity index is 901. The zero-order valence-electron chi connectivity index (χ0n) is 12.8. The second kappa shape index (κ2) is 6.31. The molecule has 0 fully saturated rings. The van der Waals surface area contributed by atoms with Crippen LogP contribution in [0.25, 0.3) is 10.9 Å². The molecule has 0 aliphatic heterocycles. The standard InChI is InChI=1S/C18H14F3N3/c1-12-10-17(23-16-9-5-3-7-14(12)16)24-22-11-13-6-2-4-8-15(13)18(19,20)21/h2-11H,1H3,(H,23,24)/b22-11+. The average molecular weight is 329 g/mol. The molecule has 0 atom stereocenters. The number of hydrogen-bond donors (Lipinski definition) is 1. The molecule has 24 heavy (non-hydrogen) atoms. The van der Waals surface area contributed by atoms with Gasteiger partial charge in [0.1, 0.15) is 5.82 Å². The van der Waals surface area contributed by atoms with Crippen molar-refractivity contribution in [2.45, 2.75) is 13.1 Å². The van der Waals surface area contributed by atoms with Gasteiger partial charge in [0.25, 0.3) is 0 Å². The van der Waals surface area contributed by atoms with Gasteiger partial charge >= 0.3 is 6.18 Å². The van der Waals surface area contributed by atoms with E-state index in [-0.39, 0.29) is 5.56 Å². The summed E-state index contributed by atoms with van der Waals surface area (Å²) >= 11 is 0. The molecule has 0 spiro atoms. The molecule has 0 unspecified atom stereocenters. The quantitative estimate of drug-likeness (QED) is 0.542. The molecule has 0 saturated heterocycles. The molecule has 2 aromatic carbocycles. The largest absolute Gasteiger partial charge is 0.417 e. The Morgan fingerprint density at radius 3 is 2.54 bits per heavy atom. The molecule has 0 bridgehead atoms. The maximum absolute atomic E-state index is 12.9. The van der Waals surface area contributed by atoms with Crippen molar-refractivity contribution in [1.82, 2.24) is 4.98 Å². The molecule has 3 nitrogen and oxygen atoms in total. The van der Waals surface area contributed by atoms with Crippen LogP contribution in [0.5, 0.6) is 0 Å². The first-order valence-corrected chi connectivity index (χ1v) is 7.27. The Balaban J connectivity index is 1.85. The number of nitrogens with zero attached hydrogens (tertiary/aromatic N) is 2. The van der Waals surface area contributed by atoms with E-state index in [0.717, 1.165) is 28.7 Å². The van der Waals surface area contributed by atoms with Gasteiger partial charge in [-0.05, 0) is 30.7 Å². The van der Waals surface area contributed by atoms with Gasteiger partial charge in [-0.15, -0.1) is 0 Å². The van der Waals surface area contributed by atoms with E-state index in [9.17, 15) is 13.2 Å². The number of rotatable bonds is 3. The summed E-state index contributed by atoms with van der Waals surface area (Å²) in [4.78, 5) is 4.39. The van der Waals surface area contributed by atoms with Crippen LogP contribution in [0.3, 0.4) is 0 Å². The fourth-order valence-electron chi connectivity index (χ4n) is 2.44. The lowest BCUT2D eigenvalue weighted by Gasteiger charge is -2.09. The lowest BCUT2D eigenvalue weighted by atomic mass is 10.1. The molecule has 0 aliphatic carbocycles. The SMILES string of the molecule is Cc1cc(N/N=C/c2ccccc2C(F)(F)F)nc2ccccc12.